The Labute approximate surface area is 378 Å². The maximum absolute atomic E-state index is 7.11. The van der Waals surface area contributed by atoms with Gasteiger partial charge in [-0.25, -0.2) is 0 Å². The van der Waals surface area contributed by atoms with E-state index in [-0.39, 0.29) is 0 Å². The molecule has 0 radical (unpaired) electrons. The molecule has 64 heavy (non-hydrogen) atoms. The molecule has 2 nitrogen and oxygen atoms in total. The summed E-state index contributed by atoms with van der Waals surface area (Å²) >= 11 is 3.74. The van der Waals surface area contributed by atoms with Gasteiger partial charge in [0.15, 0.2) is 0 Å². The van der Waals surface area contributed by atoms with Gasteiger partial charge in [0.25, 0.3) is 0 Å². The van der Waals surface area contributed by atoms with E-state index in [2.05, 4.69) is 229 Å². The van der Waals surface area contributed by atoms with E-state index in [1.807, 2.05) is 22.7 Å². The third-order valence-electron chi connectivity index (χ3n) is 12.7. The third-order valence-corrected chi connectivity index (χ3v) is 15.1. The maximum Gasteiger partial charge on any atom is 0.145 e. The normalized spacial score (nSPS) is 11.8. The van der Waals surface area contributed by atoms with Gasteiger partial charge in [-0.2, -0.15) is 0 Å². The van der Waals surface area contributed by atoms with E-state index in [9.17, 15) is 0 Å². The van der Waals surface area contributed by atoms with Gasteiger partial charge in [-0.3, -0.25) is 0 Å². The van der Waals surface area contributed by atoms with Crippen molar-refractivity contribution in [2.24, 2.45) is 0 Å². The van der Waals surface area contributed by atoms with Gasteiger partial charge in [-0.1, -0.05) is 170 Å². The Balaban J connectivity index is 1.13. The van der Waals surface area contributed by atoms with Crippen LogP contribution >= 0.6 is 22.7 Å². The van der Waals surface area contributed by atoms with Crippen LogP contribution in [0.2, 0.25) is 0 Å². The lowest BCUT2D eigenvalue weighted by Crippen LogP contribution is -2.10. The van der Waals surface area contributed by atoms with Gasteiger partial charge in [0.1, 0.15) is 11.2 Å². The molecule has 0 fully saturated rings. The predicted molar refractivity (Wildman–Crippen MR) is 276 cm³/mol. The number of hydrogen-bond acceptors (Lipinski definition) is 4. The Hall–Kier alpha value is -7.76. The fraction of sp³-hybridized carbons (Fsp3) is 0. The second-order valence-electron chi connectivity index (χ2n) is 16.3. The van der Waals surface area contributed by atoms with Crippen molar-refractivity contribution in [2.75, 3.05) is 4.90 Å². The van der Waals surface area contributed by atoms with Crippen LogP contribution in [0.3, 0.4) is 0 Å². The average Bonchev–Trinajstić information content (AvgIpc) is 4.07. The molecular formula is C60H37NOS2. The molecule has 13 rings (SSSR count). The van der Waals surface area contributed by atoms with Crippen molar-refractivity contribution in [2.45, 2.75) is 0 Å². The van der Waals surface area contributed by atoms with Gasteiger partial charge < -0.3 is 9.32 Å². The van der Waals surface area contributed by atoms with Crippen LogP contribution in [0.25, 0.3) is 107 Å². The molecule has 3 heterocycles. The van der Waals surface area contributed by atoms with Crippen LogP contribution in [-0.4, -0.2) is 0 Å². The van der Waals surface area contributed by atoms with Crippen molar-refractivity contribution in [3.8, 4) is 44.5 Å². The van der Waals surface area contributed by atoms with Crippen molar-refractivity contribution in [1.29, 1.82) is 0 Å². The molecule has 0 aliphatic rings. The van der Waals surface area contributed by atoms with Crippen LogP contribution < -0.4 is 4.90 Å². The number of hydrogen-bond donors (Lipinski definition) is 0. The van der Waals surface area contributed by atoms with Crippen molar-refractivity contribution < 1.29 is 4.42 Å². The van der Waals surface area contributed by atoms with E-state index >= 15 is 0 Å². The maximum atomic E-state index is 7.11. The minimum atomic E-state index is 0.862. The zero-order valence-electron chi connectivity index (χ0n) is 34.5. The van der Waals surface area contributed by atoms with Gasteiger partial charge in [-0.05, 0) is 93.5 Å². The summed E-state index contributed by atoms with van der Waals surface area (Å²) in [6.07, 6.45) is 0. The van der Waals surface area contributed by atoms with Gasteiger partial charge in [0, 0.05) is 52.3 Å². The number of furan rings is 1. The molecule has 0 bridgehead atoms. The fourth-order valence-corrected chi connectivity index (χ4v) is 12.2. The molecular weight excluding hydrogens is 815 g/mol. The summed E-state index contributed by atoms with van der Waals surface area (Å²) in [6, 6.07) is 81.4. The van der Waals surface area contributed by atoms with Crippen molar-refractivity contribution in [3.63, 3.8) is 0 Å². The minimum Gasteiger partial charge on any atom is -0.455 e. The number of rotatable bonds is 7. The first kappa shape index (κ1) is 36.9. The number of thiophene rings is 2. The zero-order valence-corrected chi connectivity index (χ0v) is 36.2. The highest BCUT2D eigenvalue weighted by molar-refractivity contribution is 7.27. The molecule has 0 aliphatic carbocycles. The largest absolute Gasteiger partial charge is 0.455 e. The molecule has 0 saturated heterocycles. The molecule has 0 N–H and O–H groups in total. The van der Waals surface area contributed by atoms with E-state index in [0.717, 1.165) is 61.3 Å². The molecule has 300 valence electrons. The lowest BCUT2D eigenvalue weighted by Gasteiger charge is -2.27. The zero-order chi connectivity index (χ0) is 42.1. The predicted octanol–water partition coefficient (Wildman–Crippen LogP) is 18.5. The molecule has 3 aromatic heterocycles. The Bertz CT molecular complexity index is 3890. The van der Waals surface area contributed by atoms with Crippen LogP contribution in [0.4, 0.5) is 17.1 Å². The molecule has 10 aromatic carbocycles. The van der Waals surface area contributed by atoms with Gasteiger partial charge in [0.05, 0.1) is 21.5 Å². The van der Waals surface area contributed by atoms with Crippen molar-refractivity contribution in [3.05, 3.63) is 224 Å². The first-order valence-electron chi connectivity index (χ1n) is 21.7. The van der Waals surface area contributed by atoms with Crippen molar-refractivity contribution >= 4 is 102 Å². The van der Waals surface area contributed by atoms with Crippen LogP contribution in [0.1, 0.15) is 0 Å². The van der Waals surface area contributed by atoms with Crippen molar-refractivity contribution in [1.82, 2.24) is 0 Å². The van der Waals surface area contributed by atoms with E-state index in [1.165, 1.54) is 62.6 Å². The SMILES string of the molecule is c1ccc(-c2ccc3c(c2)oc2c(-c4ccccc4)ccc(N(c4ccc5sc6c(-c7ccccc7)ccc(-c7ccccc7)c6c5c4)c4cccc5c4sc4ccccc45)c23)cc1. The summed E-state index contributed by atoms with van der Waals surface area (Å²) in [7, 11) is 0. The van der Waals surface area contributed by atoms with Crippen LogP contribution in [0.15, 0.2) is 229 Å². The average molecular weight is 852 g/mol. The molecule has 0 unspecified atom stereocenters. The molecule has 0 spiro atoms. The highest BCUT2D eigenvalue weighted by Gasteiger charge is 2.26. The summed E-state index contributed by atoms with van der Waals surface area (Å²) in [5.41, 5.74) is 14.4. The smallest absolute Gasteiger partial charge is 0.145 e. The molecule has 13 aromatic rings. The van der Waals surface area contributed by atoms with E-state index < -0.39 is 0 Å². The Kier molecular flexibility index (Phi) is 8.61. The monoisotopic (exact) mass is 851 g/mol. The highest BCUT2D eigenvalue weighted by Crippen LogP contribution is 2.52. The lowest BCUT2D eigenvalue weighted by molar-refractivity contribution is 0.670. The number of nitrogens with zero attached hydrogens (tertiary/aromatic N) is 1. The summed E-state index contributed by atoms with van der Waals surface area (Å²) in [4.78, 5) is 2.50. The first-order chi connectivity index (χ1) is 31.7. The standard InChI is InChI=1S/C60H37NOS2/c1-5-16-38(17-6-1)42-28-30-49-53(36-42)62-58-45(40-20-9-3-10-21-40)33-34-51(57(49)58)61(52-26-15-25-48-47-24-13-14-27-54(47)63-59(48)52)43-29-35-55-50(37-43)56-44(39-18-7-2-8-19-39)31-32-46(60(56)64-55)41-22-11-4-12-23-41/h1-37H. The summed E-state index contributed by atoms with van der Waals surface area (Å²) < 4.78 is 12.2. The fourth-order valence-electron chi connectivity index (χ4n) is 9.73. The van der Waals surface area contributed by atoms with Gasteiger partial charge in [0.2, 0.25) is 0 Å². The van der Waals surface area contributed by atoms with Crippen LogP contribution in [0, 0.1) is 0 Å². The van der Waals surface area contributed by atoms with Gasteiger partial charge >= 0.3 is 0 Å². The lowest BCUT2D eigenvalue weighted by atomic mass is 9.94. The number of fused-ring (bicyclic) bond motifs is 9. The molecule has 0 aliphatic heterocycles. The molecule has 0 saturated carbocycles. The highest BCUT2D eigenvalue weighted by atomic mass is 32.1. The van der Waals surface area contributed by atoms with Gasteiger partial charge in [-0.15, -0.1) is 22.7 Å². The molecule has 0 amide bonds. The van der Waals surface area contributed by atoms with E-state index in [4.69, 9.17) is 4.42 Å². The topological polar surface area (TPSA) is 16.4 Å². The minimum absolute atomic E-state index is 0.862. The third kappa shape index (κ3) is 5.91. The van der Waals surface area contributed by atoms with Crippen LogP contribution in [0.5, 0.6) is 0 Å². The Morgan fingerprint density at radius 2 is 0.922 bits per heavy atom. The van der Waals surface area contributed by atoms with Crippen LogP contribution in [-0.2, 0) is 0 Å². The second-order valence-corrected chi connectivity index (χ2v) is 18.5. The second kappa shape index (κ2) is 15.0. The summed E-state index contributed by atoms with van der Waals surface area (Å²) in [6.45, 7) is 0. The Morgan fingerprint density at radius 3 is 1.67 bits per heavy atom. The number of benzene rings is 10. The number of anilines is 3. The van der Waals surface area contributed by atoms with E-state index in [0.29, 0.717) is 0 Å². The molecule has 4 heteroatoms. The quantitative estimate of drug-likeness (QED) is 0.159. The molecule has 0 atom stereocenters. The first-order valence-corrected chi connectivity index (χ1v) is 23.3. The summed E-state index contributed by atoms with van der Waals surface area (Å²) in [5.74, 6) is 0. The Morgan fingerprint density at radius 1 is 0.328 bits per heavy atom. The summed E-state index contributed by atoms with van der Waals surface area (Å²) in [5, 5.41) is 7.21. The van der Waals surface area contributed by atoms with E-state index in [1.54, 1.807) is 0 Å².